The quantitative estimate of drug-likeness (QED) is 0.667. The number of sulfonamides is 1. The lowest BCUT2D eigenvalue weighted by Crippen LogP contribution is -2.35. The van der Waals surface area contributed by atoms with Gasteiger partial charge in [-0.15, -0.1) is 0 Å². The number of hydrogen-bond donors (Lipinski definition) is 3. The van der Waals surface area contributed by atoms with Crippen molar-refractivity contribution in [2.45, 2.75) is 37.6 Å². The molecule has 0 aliphatic carbocycles. The number of hydrogen-bond acceptors (Lipinski definition) is 5. The molecule has 0 radical (unpaired) electrons. The van der Waals surface area contributed by atoms with E-state index in [4.69, 9.17) is 5.73 Å². The fraction of sp³-hybridized carbons (Fsp3) is 0.500. The first kappa shape index (κ1) is 16.4. The van der Waals surface area contributed by atoms with Gasteiger partial charge in [0, 0.05) is 25.2 Å². The molecule has 1 rings (SSSR count). The number of anilines is 1. The summed E-state index contributed by atoms with van der Waals surface area (Å²) in [5, 5.41) is 2.76. The van der Waals surface area contributed by atoms with E-state index in [0.29, 0.717) is 0 Å². The summed E-state index contributed by atoms with van der Waals surface area (Å²) in [4.78, 5) is 15.2. The lowest BCUT2D eigenvalue weighted by Gasteiger charge is -2.12. The molecule has 0 bridgehead atoms. The monoisotopic (exact) mass is 300 g/mol. The van der Waals surface area contributed by atoms with Gasteiger partial charge < -0.3 is 11.1 Å². The second kappa shape index (κ2) is 7.20. The molecular weight excluding hydrogens is 280 g/mol. The van der Waals surface area contributed by atoms with Crippen LogP contribution >= 0.6 is 0 Å². The Hall–Kier alpha value is -1.67. The number of rotatable bonds is 7. The van der Waals surface area contributed by atoms with Crippen LogP contribution in [0.5, 0.6) is 0 Å². The van der Waals surface area contributed by atoms with Gasteiger partial charge >= 0.3 is 0 Å². The molecule has 1 amide bonds. The van der Waals surface area contributed by atoms with Gasteiger partial charge in [0.2, 0.25) is 15.9 Å². The van der Waals surface area contributed by atoms with Gasteiger partial charge in [0.15, 0.2) is 0 Å². The summed E-state index contributed by atoms with van der Waals surface area (Å²) in [5.74, 6) is -0.259. The summed E-state index contributed by atoms with van der Waals surface area (Å²) in [5.41, 5.74) is 5.51. The standard InChI is InChI=1S/C12H20N4O3S/c1-3-9(2)16-11(17)6-8-15-20(18,19)10-5-4-7-14-12(10)13/h4-5,7,9,15H,3,6,8H2,1-2H3,(H2,13,14)(H,16,17). The number of nitrogen functional groups attached to an aromatic ring is 1. The van der Waals surface area contributed by atoms with E-state index in [9.17, 15) is 13.2 Å². The maximum atomic E-state index is 12.0. The zero-order valence-electron chi connectivity index (χ0n) is 11.6. The zero-order chi connectivity index (χ0) is 15.2. The van der Waals surface area contributed by atoms with Crippen LogP contribution in [0, 0.1) is 0 Å². The third-order valence-electron chi connectivity index (χ3n) is 2.75. The molecule has 0 aliphatic heterocycles. The van der Waals surface area contributed by atoms with Crippen molar-refractivity contribution in [3.05, 3.63) is 18.3 Å². The van der Waals surface area contributed by atoms with Crippen LogP contribution in [0.4, 0.5) is 5.82 Å². The smallest absolute Gasteiger partial charge is 0.244 e. The van der Waals surface area contributed by atoms with Crippen LogP contribution in [-0.2, 0) is 14.8 Å². The van der Waals surface area contributed by atoms with Crippen LogP contribution in [0.1, 0.15) is 26.7 Å². The molecule has 0 fully saturated rings. The maximum Gasteiger partial charge on any atom is 0.244 e. The van der Waals surface area contributed by atoms with E-state index in [1.165, 1.54) is 18.3 Å². The Morgan fingerprint density at radius 1 is 1.50 bits per heavy atom. The Morgan fingerprint density at radius 3 is 2.80 bits per heavy atom. The third kappa shape index (κ3) is 4.78. The first-order valence-electron chi connectivity index (χ1n) is 6.36. The topological polar surface area (TPSA) is 114 Å². The van der Waals surface area contributed by atoms with Crippen molar-refractivity contribution in [1.82, 2.24) is 15.0 Å². The molecular formula is C12H20N4O3S. The Kier molecular flexibility index (Phi) is 5.90. The summed E-state index contributed by atoms with van der Waals surface area (Å²) in [6.07, 6.45) is 2.31. The van der Waals surface area contributed by atoms with E-state index < -0.39 is 10.0 Å². The first-order valence-corrected chi connectivity index (χ1v) is 7.84. The van der Waals surface area contributed by atoms with Crippen LogP contribution in [-0.4, -0.2) is 31.9 Å². The molecule has 112 valence electrons. The SMILES string of the molecule is CCC(C)NC(=O)CCNS(=O)(=O)c1cccnc1N. The van der Waals surface area contributed by atoms with Gasteiger partial charge in [0.05, 0.1) is 0 Å². The van der Waals surface area contributed by atoms with Crippen LogP contribution in [0.2, 0.25) is 0 Å². The lowest BCUT2D eigenvalue weighted by atomic mass is 10.2. The normalized spacial score (nSPS) is 12.9. The van der Waals surface area contributed by atoms with Crippen molar-refractivity contribution in [3.63, 3.8) is 0 Å². The predicted molar refractivity (Wildman–Crippen MR) is 76.4 cm³/mol. The average molecular weight is 300 g/mol. The van der Waals surface area contributed by atoms with Crippen molar-refractivity contribution in [2.75, 3.05) is 12.3 Å². The molecule has 0 saturated heterocycles. The molecule has 0 aromatic carbocycles. The summed E-state index contributed by atoms with van der Waals surface area (Å²) in [7, 11) is -3.74. The maximum absolute atomic E-state index is 12.0. The van der Waals surface area contributed by atoms with Gasteiger partial charge in [0.1, 0.15) is 10.7 Å². The highest BCUT2D eigenvalue weighted by atomic mass is 32.2. The van der Waals surface area contributed by atoms with Gasteiger partial charge in [-0.25, -0.2) is 18.1 Å². The fourth-order valence-corrected chi connectivity index (χ4v) is 2.57. The summed E-state index contributed by atoms with van der Waals surface area (Å²) >= 11 is 0. The second-order valence-electron chi connectivity index (χ2n) is 4.41. The van der Waals surface area contributed by atoms with Gasteiger partial charge in [-0.05, 0) is 25.5 Å². The number of carbonyl (C=O) groups is 1. The second-order valence-corrected chi connectivity index (χ2v) is 6.15. The molecule has 20 heavy (non-hydrogen) atoms. The summed E-state index contributed by atoms with van der Waals surface area (Å²) < 4.78 is 26.2. The molecule has 0 saturated carbocycles. The van der Waals surface area contributed by atoms with E-state index in [-0.39, 0.29) is 35.6 Å². The van der Waals surface area contributed by atoms with E-state index in [1.807, 2.05) is 13.8 Å². The highest BCUT2D eigenvalue weighted by Gasteiger charge is 2.17. The number of aromatic nitrogens is 1. The van der Waals surface area contributed by atoms with E-state index >= 15 is 0 Å². The molecule has 1 atom stereocenters. The van der Waals surface area contributed by atoms with E-state index in [2.05, 4.69) is 15.0 Å². The molecule has 1 aromatic heterocycles. The largest absolute Gasteiger partial charge is 0.383 e. The van der Waals surface area contributed by atoms with Crippen molar-refractivity contribution < 1.29 is 13.2 Å². The minimum atomic E-state index is -3.74. The summed E-state index contributed by atoms with van der Waals surface area (Å²) in [6.45, 7) is 3.86. The Balaban J connectivity index is 2.53. The molecule has 0 aliphatic rings. The molecule has 1 heterocycles. The molecule has 8 heteroatoms. The van der Waals surface area contributed by atoms with Crippen molar-refractivity contribution >= 4 is 21.7 Å². The van der Waals surface area contributed by atoms with Crippen LogP contribution in [0.25, 0.3) is 0 Å². The van der Waals surface area contributed by atoms with E-state index in [0.717, 1.165) is 6.42 Å². The molecule has 4 N–H and O–H groups in total. The van der Waals surface area contributed by atoms with Gasteiger partial charge in [0.25, 0.3) is 0 Å². The molecule has 1 aromatic rings. The Bertz CT molecular complexity index is 560. The third-order valence-corrected chi connectivity index (χ3v) is 4.26. The number of pyridine rings is 1. The Labute approximate surface area is 119 Å². The number of amides is 1. The molecule has 1 unspecified atom stereocenters. The minimum absolute atomic E-state index is 0.0128. The van der Waals surface area contributed by atoms with Gasteiger partial charge in [-0.3, -0.25) is 4.79 Å². The first-order chi connectivity index (χ1) is 9.36. The fourth-order valence-electron chi connectivity index (χ4n) is 1.46. The van der Waals surface area contributed by atoms with Crippen LogP contribution < -0.4 is 15.8 Å². The van der Waals surface area contributed by atoms with Crippen LogP contribution in [0.15, 0.2) is 23.2 Å². The molecule has 0 spiro atoms. The van der Waals surface area contributed by atoms with Crippen molar-refractivity contribution in [2.24, 2.45) is 0 Å². The predicted octanol–water partition coefficient (Wildman–Crippen LogP) is 0.247. The average Bonchev–Trinajstić information content (AvgIpc) is 2.38. The number of nitrogens with zero attached hydrogens (tertiary/aromatic N) is 1. The van der Waals surface area contributed by atoms with Crippen molar-refractivity contribution in [1.29, 1.82) is 0 Å². The lowest BCUT2D eigenvalue weighted by molar-refractivity contribution is -0.121. The summed E-state index contributed by atoms with van der Waals surface area (Å²) in [6, 6.07) is 2.93. The van der Waals surface area contributed by atoms with Crippen molar-refractivity contribution in [3.8, 4) is 0 Å². The van der Waals surface area contributed by atoms with Crippen LogP contribution in [0.3, 0.4) is 0 Å². The van der Waals surface area contributed by atoms with Gasteiger partial charge in [-0.2, -0.15) is 0 Å². The van der Waals surface area contributed by atoms with Gasteiger partial charge in [-0.1, -0.05) is 6.92 Å². The highest BCUT2D eigenvalue weighted by Crippen LogP contribution is 2.13. The molecule has 7 nitrogen and oxygen atoms in total. The number of nitrogens with two attached hydrogens (primary N) is 1. The number of carbonyl (C=O) groups excluding carboxylic acids is 1. The zero-order valence-corrected chi connectivity index (χ0v) is 12.4. The van der Waals surface area contributed by atoms with E-state index in [1.54, 1.807) is 0 Å². The Morgan fingerprint density at radius 2 is 2.20 bits per heavy atom. The minimum Gasteiger partial charge on any atom is -0.383 e. The number of nitrogens with one attached hydrogen (secondary N) is 2. The highest BCUT2D eigenvalue weighted by molar-refractivity contribution is 7.89.